The molecule has 2 aromatic rings. The molecule has 0 spiro atoms. The molecule has 0 fully saturated rings. The number of anilines is 1. The maximum Gasteiger partial charge on any atom is 0.253 e. The minimum atomic E-state index is -1.68. The molecule has 1 atom stereocenters. The Morgan fingerprint density at radius 3 is 2.32 bits per heavy atom. The van der Waals surface area contributed by atoms with E-state index in [9.17, 15) is 17.6 Å². The third-order valence-electron chi connectivity index (χ3n) is 2.47. The van der Waals surface area contributed by atoms with Crippen LogP contribution in [0.1, 0.15) is 24.4 Å². The SMILES string of the molecule is CCC(Nc1c(F)c(F)nc(F)c1F)c1nccs1. The summed E-state index contributed by atoms with van der Waals surface area (Å²) in [6.45, 7) is 1.75. The predicted molar refractivity (Wildman–Crippen MR) is 62.8 cm³/mol. The van der Waals surface area contributed by atoms with E-state index in [1.165, 1.54) is 17.5 Å². The highest BCUT2D eigenvalue weighted by atomic mass is 32.1. The third-order valence-corrected chi connectivity index (χ3v) is 3.36. The largest absolute Gasteiger partial charge is 0.371 e. The van der Waals surface area contributed by atoms with E-state index in [0.717, 1.165) is 0 Å². The van der Waals surface area contributed by atoms with Crippen molar-refractivity contribution < 1.29 is 17.6 Å². The van der Waals surface area contributed by atoms with Crippen LogP contribution in [-0.2, 0) is 0 Å². The van der Waals surface area contributed by atoms with E-state index >= 15 is 0 Å². The van der Waals surface area contributed by atoms with Crippen LogP contribution in [0.4, 0.5) is 23.2 Å². The molecule has 2 aromatic heterocycles. The van der Waals surface area contributed by atoms with Gasteiger partial charge < -0.3 is 5.32 Å². The van der Waals surface area contributed by atoms with Crippen molar-refractivity contribution in [2.24, 2.45) is 0 Å². The zero-order chi connectivity index (χ0) is 14.0. The Morgan fingerprint density at radius 1 is 1.21 bits per heavy atom. The highest BCUT2D eigenvalue weighted by molar-refractivity contribution is 7.09. The van der Waals surface area contributed by atoms with Gasteiger partial charge in [-0.1, -0.05) is 6.92 Å². The van der Waals surface area contributed by atoms with Gasteiger partial charge in [0.1, 0.15) is 10.7 Å². The first kappa shape index (κ1) is 13.7. The molecule has 0 saturated heterocycles. The van der Waals surface area contributed by atoms with Gasteiger partial charge >= 0.3 is 0 Å². The molecule has 8 heteroatoms. The zero-order valence-corrected chi connectivity index (χ0v) is 10.6. The lowest BCUT2D eigenvalue weighted by molar-refractivity contribution is 0.409. The van der Waals surface area contributed by atoms with E-state index in [1.807, 2.05) is 0 Å². The van der Waals surface area contributed by atoms with E-state index in [4.69, 9.17) is 0 Å². The van der Waals surface area contributed by atoms with Gasteiger partial charge in [0.15, 0.2) is 0 Å². The molecule has 2 heterocycles. The van der Waals surface area contributed by atoms with Gasteiger partial charge in [0.25, 0.3) is 11.9 Å². The van der Waals surface area contributed by atoms with Gasteiger partial charge in [0.05, 0.1) is 6.04 Å². The monoisotopic (exact) mass is 291 g/mol. The minimum absolute atomic E-state index is 0.442. The van der Waals surface area contributed by atoms with Gasteiger partial charge in [-0.3, -0.25) is 0 Å². The number of halogens is 4. The van der Waals surface area contributed by atoms with Crippen LogP contribution in [0.15, 0.2) is 11.6 Å². The molecule has 0 saturated carbocycles. The normalized spacial score (nSPS) is 12.5. The maximum atomic E-state index is 13.5. The molecule has 2 rings (SSSR count). The van der Waals surface area contributed by atoms with Crippen LogP contribution in [0.3, 0.4) is 0 Å². The van der Waals surface area contributed by atoms with Crippen molar-refractivity contribution in [1.82, 2.24) is 9.97 Å². The second-order valence-electron chi connectivity index (χ2n) is 3.67. The van der Waals surface area contributed by atoms with Crippen molar-refractivity contribution in [3.63, 3.8) is 0 Å². The standard InChI is InChI=1S/C11H9F4N3S/c1-2-5(11-16-3-4-19-11)17-8-6(12)9(14)18-10(15)7(8)13/h3-5H,2H2,1H3,(H,17,18). The number of hydrogen-bond acceptors (Lipinski definition) is 4. The molecule has 0 aliphatic rings. The Kier molecular flexibility index (Phi) is 3.98. The minimum Gasteiger partial charge on any atom is -0.371 e. The van der Waals surface area contributed by atoms with Crippen LogP contribution in [0.2, 0.25) is 0 Å². The lowest BCUT2D eigenvalue weighted by Crippen LogP contribution is -2.14. The molecule has 0 aliphatic heterocycles. The summed E-state index contributed by atoms with van der Waals surface area (Å²) in [7, 11) is 0. The van der Waals surface area contributed by atoms with E-state index in [2.05, 4.69) is 15.3 Å². The zero-order valence-electron chi connectivity index (χ0n) is 9.75. The van der Waals surface area contributed by atoms with Crippen molar-refractivity contribution in [2.45, 2.75) is 19.4 Å². The van der Waals surface area contributed by atoms with Gasteiger partial charge in [-0.05, 0) is 6.42 Å². The fraction of sp³-hybridized carbons (Fsp3) is 0.273. The fourth-order valence-corrected chi connectivity index (χ4v) is 2.31. The molecule has 19 heavy (non-hydrogen) atoms. The van der Waals surface area contributed by atoms with Crippen molar-refractivity contribution >= 4 is 17.0 Å². The van der Waals surface area contributed by atoms with E-state index in [-0.39, 0.29) is 0 Å². The molecule has 0 aromatic carbocycles. The smallest absolute Gasteiger partial charge is 0.253 e. The second-order valence-corrected chi connectivity index (χ2v) is 4.60. The Hall–Kier alpha value is -1.70. The lowest BCUT2D eigenvalue weighted by Gasteiger charge is -2.17. The molecule has 102 valence electrons. The number of hydrogen-bond donors (Lipinski definition) is 1. The lowest BCUT2D eigenvalue weighted by atomic mass is 10.2. The van der Waals surface area contributed by atoms with Gasteiger partial charge in [0, 0.05) is 11.6 Å². The van der Waals surface area contributed by atoms with Crippen molar-refractivity contribution in [3.05, 3.63) is 40.1 Å². The van der Waals surface area contributed by atoms with E-state index < -0.39 is 35.3 Å². The number of nitrogens with one attached hydrogen (secondary N) is 1. The Balaban J connectivity index is 2.37. The van der Waals surface area contributed by atoms with Crippen LogP contribution in [0, 0.1) is 23.5 Å². The summed E-state index contributed by atoms with van der Waals surface area (Å²) in [5, 5.41) is 4.69. The molecule has 1 unspecified atom stereocenters. The molecule has 3 nitrogen and oxygen atoms in total. The van der Waals surface area contributed by atoms with Crippen molar-refractivity contribution in [2.75, 3.05) is 5.32 Å². The summed E-state index contributed by atoms with van der Waals surface area (Å²) in [5.74, 6) is -6.46. The van der Waals surface area contributed by atoms with Crippen LogP contribution in [0.5, 0.6) is 0 Å². The maximum absolute atomic E-state index is 13.5. The number of pyridine rings is 1. The summed E-state index contributed by atoms with van der Waals surface area (Å²) in [5.41, 5.74) is -0.868. The van der Waals surface area contributed by atoms with E-state index in [1.54, 1.807) is 12.3 Å². The first-order valence-corrected chi connectivity index (χ1v) is 6.28. The molecule has 0 radical (unpaired) electrons. The molecule has 0 amide bonds. The summed E-state index contributed by atoms with van der Waals surface area (Å²) in [6, 6.07) is -0.537. The first-order chi connectivity index (χ1) is 9.04. The van der Waals surface area contributed by atoms with Crippen LogP contribution < -0.4 is 5.32 Å². The molecular formula is C11H9F4N3S. The first-order valence-electron chi connectivity index (χ1n) is 5.40. The van der Waals surface area contributed by atoms with Crippen LogP contribution in [0.25, 0.3) is 0 Å². The summed E-state index contributed by atoms with van der Waals surface area (Å²) in [6.07, 6.45) is 1.97. The van der Waals surface area contributed by atoms with E-state index in [0.29, 0.717) is 11.4 Å². The average Bonchev–Trinajstić information content (AvgIpc) is 2.91. The van der Waals surface area contributed by atoms with Gasteiger partial charge in [-0.2, -0.15) is 22.5 Å². The van der Waals surface area contributed by atoms with Gasteiger partial charge in [-0.25, -0.2) is 4.98 Å². The third kappa shape index (κ3) is 2.67. The topological polar surface area (TPSA) is 37.8 Å². The number of aromatic nitrogens is 2. The Labute approximate surface area is 110 Å². The molecule has 1 N–H and O–H groups in total. The quantitative estimate of drug-likeness (QED) is 0.690. The molecule has 0 aliphatic carbocycles. The van der Waals surface area contributed by atoms with Crippen molar-refractivity contribution in [3.8, 4) is 0 Å². The summed E-state index contributed by atoms with van der Waals surface area (Å²) >= 11 is 1.27. The fourth-order valence-electron chi connectivity index (χ4n) is 1.53. The predicted octanol–water partition coefficient (Wildman–Crippen LogP) is 3.66. The Morgan fingerprint density at radius 2 is 1.84 bits per heavy atom. The van der Waals surface area contributed by atoms with Crippen LogP contribution in [-0.4, -0.2) is 9.97 Å². The molecule has 0 bridgehead atoms. The second kappa shape index (κ2) is 5.52. The summed E-state index contributed by atoms with van der Waals surface area (Å²) in [4.78, 5) is 6.49. The van der Waals surface area contributed by atoms with Crippen LogP contribution >= 0.6 is 11.3 Å². The van der Waals surface area contributed by atoms with Gasteiger partial charge in [-0.15, -0.1) is 11.3 Å². The highest BCUT2D eigenvalue weighted by Gasteiger charge is 2.23. The van der Waals surface area contributed by atoms with Gasteiger partial charge in [0.2, 0.25) is 11.6 Å². The molecular weight excluding hydrogens is 282 g/mol. The average molecular weight is 291 g/mol. The summed E-state index contributed by atoms with van der Waals surface area (Å²) < 4.78 is 52.9. The Bertz CT molecular complexity index is 548. The highest BCUT2D eigenvalue weighted by Crippen LogP contribution is 2.29. The number of thiazole rings is 1. The number of rotatable bonds is 4. The van der Waals surface area contributed by atoms with Crippen molar-refractivity contribution in [1.29, 1.82) is 0 Å². The number of nitrogens with zero attached hydrogens (tertiary/aromatic N) is 2.